The molecule has 0 bridgehead atoms. The average Bonchev–Trinajstić information content (AvgIpc) is 2.66. The fourth-order valence-electron chi connectivity index (χ4n) is 2.75. The molecule has 2 heterocycles. The first-order valence-electron chi connectivity index (χ1n) is 8.23. The Hall–Kier alpha value is -3.14. The fraction of sp³-hybridized carbons (Fsp3) is 0.333. The third kappa shape index (κ3) is 4.23. The Bertz CT molecular complexity index is 778. The van der Waals surface area contributed by atoms with E-state index in [-0.39, 0.29) is 6.03 Å². The van der Waals surface area contributed by atoms with Crippen molar-refractivity contribution in [3.63, 3.8) is 0 Å². The molecule has 7 heteroatoms. The molecule has 1 aromatic heterocycles. The van der Waals surface area contributed by atoms with E-state index in [1.165, 1.54) is 0 Å². The number of piperazine rings is 1. The van der Waals surface area contributed by atoms with Gasteiger partial charge in [0.05, 0.1) is 0 Å². The predicted octanol–water partition coefficient (Wildman–Crippen LogP) is 1.69. The van der Waals surface area contributed by atoms with E-state index in [4.69, 9.17) is 5.26 Å². The van der Waals surface area contributed by atoms with E-state index in [1.807, 2.05) is 42.2 Å². The normalized spacial score (nSPS) is 14.1. The van der Waals surface area contributed by atoms with Gasteiger partial charge in [0, 0.05) is 38.4 Å². The molecule has 7 nitrogen and oxygen atoms in total. The summed E-state index contributed by atoms with van der Waals surface area (Å²) in [7, 11) is 0. The van der Waals surface area contributed by atoms with E-state index in [9.17, 15) is 4.79 Å². The van der Waals surface area contributed by atoms with Crippen LogP contribution in [0, 0.1) is 18.3 Å². The minimum Gasteiger partial charge on any atom is -0.337 e. The zero-order valence-corrected chi connectivity index (χ0v) is 14.1. The van der Waals surface area contributed by atoms with E-state index < -0.39 is 0 Å². The Morgan fingerprint density at radius 2 is 1.92 bits per heavy atom. The number of aryl methyl sites for hydroxylation is 1. The number of hydrogen-bond donors (Lipinski definition) is 1. The molecule has 0 aliphatic carbocycles. The first kappa shape index (κ1) is 16.7. The molecule has 1 aliphatic rings. The number of hydrogen-bond acceptors (Lipinski definition) is 5. The number of nitrogens with zero attached hydrogens (tertiary/aromatic N) is 5. The lowest BCUT2D eigenvalue weighted by atomic mass is 10.2. The van der Waals surface area contributed by atoms with E-state index >= 15 is 0 Å². The lowest BCUT2D eigenvalue weighted by Crippen LogP contribution is -2.52. The molecule has 3 rings (SSSR count). The number of amides is 2. The Kier molecular flexibility index (Phi) is 5.09. The second-order valence-corrected chi connectivity index (χ2v) is 5.92. The zero-order chi connectivity index (χ0) is 17.6. The monoisotopic (exact) mass is 336 g/mol. The highest BCUT2D eigenvalue weighted by Gasteiger charge is 2.22. The summed E-state index contributed by atoms with van der Waals surface area (Å²) in [6.45, 7) is 4.85. The molecule has 1 N–H and O–H groups in total. The van der Waals surface area contributed by atoms with Crippen LogP contribution in [0.15, 0.2) is 36.4 Å². The Balaban J connectivity index is 1.54. The molecule has 2 aromatic rings. The van der Waals surface area contributed by atoms with Crippen LogP contribution in [0.4, 0.5) is 10.7 Å². The van der Waals surface area contributed by atoms with Gasteiger partial charge in [0.15, 0.2) is 0 Å². The molecule has 0 radical (unpaired) electrons. The molecule has 1 saturated heterocycles. The van der Waals surface area contributed by atoms with Crippen LogP contribution in [0.25, 0.3) is 0 Å². The third-order valence-electron chi connectivity index (χ3n) is 4.09. The van der Waals surface area contributed by atoms with Crippen LogP contribution < -0.4 is 10.2 Å². The summed E-state index contributed by atoms with van der Waals surface area (Å²) in [4.78, 5) is 24.7. The van der Waals surface area contributed by atoms with Gasteiger partial charge in [-0.25, -0.2) is 14.8 Å². The lowest BCUT2D eigenvalue weighted by Gasteiger charge is -2.34. The molecule has 0 saturated carbocycles. The van der Waals surface area contributed by atoms with Gasteiger partial charge in [-0.15, -0.1) is 0 Å². The molecule has 128 valence electrons. The molecule has 1 fully saturated rings. The highest BCUT2D eigenvalue weighted by molar-refractivity contribution is 5.74. The molecular weight excluding hydrogens is 316 g/mol. The number of nitriles is 1. The average molecular weight is 336 g/mol. The van der Waals surface area contributed by atoms with E-state index in [0.29, 0.717) is 44.4 Å². The van der Waals surface area contributed by atoms with Gasteiger partial charge in [0.25, 0.3) is 0 Å². The maximum Gasteiger partial charge on any atom is 0.317 e. The van der Waals surface area contributed by atoms with Crippen LogP contribution in [0.2, 0.25) is 0 Å². The molecule has 1 aliphatic heterocycles. The molecule has 2 amide bonds. The zero-order valence-electron chi connectivity index (χ0n) is 14.1. The molecular formula is C18H20N6O. The fourth-order valence-corrected chi connectivity index (χ4v) is 2.75. The molecule has 0 unspecified atom stereocenters. The van der Waals surface area contributed by atoms with Gasteiger partial charge in [-0.3, -0.25) is 0 Å². The number of urea groups is 1. The number of aromatic nitrogens is 2. The lowest BCUT2D eigenvalue weighted by molar-refractivity contribution is 0.193. The van der Waals surface area contributed by atoms with E-state index in [0.717, 1.165) is 11.3 Å². The number of carbonyl (C=O) groups excluding carboxylic acids is 1. The Labute approximate surface area is 146 Å². The van der Waals surface area contributed by atoms with Crippen molar-refractivity contribution in [1.82, 2.24) is 20.2 Å². The van der Waals surface area contributed by atoms with Crippen molar-refractivity contribution >= 4 is 12.0 Å². The first-order chi connectivity index (χ1) is 12.2. The highest BCUT2D eigenvalue weighted by Crippen LogP contribution is 2.13. The summed E-state index contributed by atoms with van der Waals surface area (Å²) in [6.07, 6.45) is 0. The number of carbonyl (C=O) groups is 1. The third-order valence-corrected chi connectivity index (χ3v) is 4.09. The van der Waals surface area contributed by atoms with Gasteiger partial charge in [-0.05, 0) is 18.6 Å². The summed E-state index contributed by atoms with van der Waals surface area (Å²) in [5.74, 6) is 0.556. The predicted molar refractivity (Wildman–Crippen MR) is 93.9 cm³/mol. The number of benzene rings is 1. The topological polar surface area (TPSA) is 85.2 Å². The number of anilines is 1. The number of rotatable bonds is 3. The van der Waals surface area contributed by atoms with Gasteiger partial charge in [0.2, 0.25) is 5.95 Å². The molecule has 0 atom stereocenters. The van der Waals surface area contributed by atoms with Gasteiger partial charge >= 0.3 is 6.03 Å². The van der Waals surface area contributed by atoms with Gasteiger partial charge < -0.3 is 15.1 Å². The largest absolute Gasteiger partial charge is 0.337 e. The van der Waals surface area contributed by atoms with E-state index in [2.05, 4.69) is 21.4 Å². The van der Waals surface area contributed by atoms with Gasteiger partial charge in [-0.1, -0.05) is 30.3 Å². The summed E-state index contributed by atoms with van der Waals surface area (Å²) in [6, 6.07) is 13.5. The Morgan fingerprint density at radius 1 is 1.20 bits per heavy atom. The molecule has 0 spiro atoms. The van der Waals surface area contributed by atoms with Crippen molar-refractivity contribution in [3.05, 3.63) is 53.3 Å². The minimum absolute atomic E-state index is 0.0635. The van der Waals surface area contributed by atoms with Crippen LogP contribution in [0.5, 0.6) is 0 Å². The first-order valence-corrected chi connectivity index (χ1v) is 8.23. The van der Waals surface area contributed by atoms with Gasteiger partial charge in [0.1, 0.15) is 11.8 Å². The van der Waals surface area contributed by atoms with Crippen molar-refractivity contribution in [3.8, 4) is 6.07 Å². The van der Waals surface area contributed by atoms with E-state index in [1.54, 1.807) is 11.0 Å². The standard InChI is InChI=1S/C18H20N6O/c1-14-11-16(12-19)22-17(21-14)23-7-9-24(10-8-23)18(25)20-13-15-5-3-2-4-6-15/h2-6,11H,7-10,13H2,1H3,(H,20,25). The van der Waals surface area contributed by atoms with Gasteiger partial charge in [-0.2, -0.15) is 5.26 Å². The Morgan fingerprint density at radius 3 is 2.60 bits per heavy atom. The van der Waals surface area contributed by atoms with Crippen LogP contribution >= 0.6 is 0 Å². The summed E-state index contributed by atoms with van der Waals surface area (Å²) < 4.78 is 0. The summed E-state index contributed by atoms with van der Waals surface area (Å²) in [5.41, 5.74) is 2.21. The maximum absolute atomic E-state index is 12.3. The summed E-state index contributed by atoms with van der Waals surface area (Å²) in [5, 5.41) is 12.0. The van der Waals surface area contributed by atoms with Crippen molar-refractivity contribution in [2.45, 2.75) is 13.5 Å². The van der Waals surface area contributed by atoms with Crippen LogP contribution in [0.3, 0.4) is 0 Å². The van der Waals surface area contributed by atoms with Crippen molar-refractivity contribution in [1.29, 1.82) is 5.26 Å². The van der Waals surface area contributed by atoms with Crippen LogP contribution in [-0.2, 0) is 6.54 Å². The maximum atomic E-state index is 12.3. The molecule has 1 aromatic carbocycles. The minimum atomic E-state index is -0.0635. The second kappa shape index (κ2) is 7.62. The smallest absolute Gasteiger partial charge is 0.317 e. The highest BCUT2D eigenvalue weighted by atomic mass is 16.2. The van der Waals surface area contributed by atoms with Crippen molar-refractivity contribution in [2.24, 2.45) is 0 Å². The SMILES string of the molecule is Cc1cc(C#N)nc(N2CCN(C(=O)NCc3ccccc3)CC2)n1. The van der Waals surface area contributed by atoms with Crippen LogP contribution in [-0.4, -0.2) is 47.1 Å². The summed E-state index contributed by atoms with van der Waals surface area (Å²) >= 11 is 0. The van der Waals surface area contributed by atoms with Crippen LogP contribution in [0.1, 0.15) is 17.0 Å². The van der Waals surface area contributed by atoms with Crippen molar-refractivity contribution < 1.29 is 4.79 Å². The second-order valence-electron chi connectivity index (χ2n) is 5.92. The van der Waals surface area contributed by atoms with Crippen molar-refractivity contribution in [2.75, 3.05) is 31.1 Å². The quantitative estimate of drug-likeness (QED) is 0.922. The number of nitrogens with one attached hydrogen (secondary N) is 1. The molecule has 25 heavy (non-hydrogen) atoms.